The van der Waals surface area contributed by atoms with Gasteiger partial charge in [-0.3, -0.25) is 9.69 Å². The lowest BCUT2D eigenvalue weighted by Crippen LogP contribution is -2.43. The van der Waals surface area contributed by atoms with Crippen LogP contribution >= 0.6 is 0 Å². The summed E-state index contributed by atoms with van der Waals surface area (Å²) in [4.78, 5) is 38.6. The number of aromatic carboxylic acids is 1. The van der Waals surface area contributed by atoms with E-state index >= 15 is 0 Å². The number of carbonyl (C=O) groups is 1. The Morgan fingerprint density at radius 1 is 1.03 bits per heavy atom. The van der Waals surface area contributed by atoms with E-state index in [1.807, 2.05) is 18.2 Å². The van der Waals surface area contributed by atoms with Crippen molar-refractivity contribution in [2.75, 3.05) is 38.5 Å². The average Bonchev–Trinajstić information content (AvgIpc) is 3.39. The minimum absolute atomic E-state index is 0.165. The van der Waals surface area contributed by atoms with Crippen molar-refractivity contribution in [2.24, 2.45) is 0 Å². The van der Waals surface area contributed by atoms with E-state index in [1.54, 1.807) is 4.57 Å². The maximum absolute atomic E-state index is 12.9. The molecule has 0 amide bonds. The number of anilines is 2. The first-order valence-corrected chi connectivity index (χ1v) is 13.0. The molecular formula is C29H30N6O3. The lowest BCUT2D eigenvalue weighted by Gasteiger charge is -2.32. The maximum Gasteiger partial charge on any atom is 0.341 e. The molecule has 2 aliphatic rings. The summed E-state index contributed by atoms with van der Waals surface area (Å²) in [6.45, 7) is 5.22. The van der Waals surface area contributed by atoms with Crippen molar-refractivity contribution in [1.82, 2.24) is 24.3 Å². The van der Waals surface area contributed by atoms with Gasteiger partial charge in [0.15, 0.2) is 5.65 Å². The molecule has 3 heterocycles. The van der Waals surface area contributed by atoms with Crippen molar-refractivity contribution < 1.29 is 9.90 Å². The number of rotatable bonds is 6. The molecule has 2 aromatic heterocycles. The highest BCUT2D eigenvalue weighted by atomic mass is 16.4. The predicted octanol–water partition coefficient (Wildman–Crippen LogP) is 3.46. The molecule has 9 nitrogen and oxygen atoms in total. The Morgan fingerprint density at radius 2 is 1.79 bits per heavy atom. The third-order valence-electron chi connectivity index (χ3n) is 7.55. The smallest absolute Gasteiger partial charge is 0.341 e. The molecule has 0 unspecified atom stereocenters. The van der Waals surface area contributed by atoms with E-state index in [1.165, 1.54) is 29.1 Å². The molecule has 0 bridgehead atoms. The van der Waals surface area contributed by atoms with Crippen LogP contribution < -0.4 is 10.7 Å². The summed E-state index contributed by atoms with van der Waals surface area (Å²) >= 11 is 0. The number of aromatic nitrogens is 3. The van der Waals surface area contributed by atoms with Gasteiger partial charge in [-0.1, -0.05) is 18.2 Å². The number of aryl methyl sites for hydroxylation is 2. The van der Waals surface area contributed by atoms with Gasteiger partial charge in [-0.15, -0.1) is 0 Å². The van der Waals surface area contributed by atoms with Crippen LogP contribution in [0.3, 0.4) is 0 Å². The number of benzene rings is 2. The van der Waals surface area contributed by atoms with Crippen LogP contribution in [0.2, 0.25) is 0 Å². The number of nitrogens with one attached hydrogen (secondary N) is 1. The molecule has 38 heavy (non-hydrogen) atoms. The van der Waals surface area contributed by atoms with E-state index in [4.69, 9.17) is 0 Å². The van der Waals surface area contributed by atoms with E-state index < -0.39 is 11.4 Å². The van der Waals surface area contributed by atoms with Gasteiger partial charge in [-0.2, -0.15) is 4.98 Å². The van der Waals surface area contributed by atoms with E-state index in [2.05, 4.69) is 56.4 Å². The van der Waals surface area contributed by atoms with Crippen molar-refractivity contribution in [3.63, 3.8) is 0 Å². The summed E-state index contributed by atoms with van der Waals surface area (Å²) in [6.07, 6.45) is 5.91. The molecule has 1 saturated heterocycles. The first-order chi connectivity index (χ1) is 18.4. The fraction of sp³-hybridized carbons (Fsp3) is 0.310. The van der Waals surface area contributed by atoms with Crippen LogP contribution in [0.25, 0.3) is 16.7 Å². The Morgan fingerprint density at radius 3 is 2.55 bits per heavy atom. The highest BCUT2D eigenvalue weighted by Gasteiger charge is 2.19. The van der Waals surface area contributed by atoms with Gasteiger partial charge in [0.1, 0.15) is 5.56 Å². The number of piperazine rings is 1. The zero-order valence-electron chi connectivity index (χ0n) is 21.4. The van der Waals surface area contributed by atoms with Crippen molar-refractivity contribution in [3.05, 3.63) is 87.3 Å². The van der Waals surface area contributed by atoms with Crippen molar-refractivity contribution in [2.45, 2.75) is 25.8 Å². The normalized spacial score (nSPS) is 16.0. The minimum Gasteiger partial charge on any atom is -0.477 e. The molecule has 2 N–H and O–H groups in total. The van der Waals surface area contributed by atoms with E-state index in [0.29, 0.717) is 11.6 Å². The zero-order valence-corrected chi connectivity index (χ0v) is 21.4. The Hall–Kier alpha value is -4.08. The number of carboxylic acid groups (broad SMARTS) is 1. The monoisotopic (exact) mass is 510 g/mol. The first-order valence-electron chi connectivity index (χ1n) is 13.0. The van der Waals surface area contributed by atoms with Crippen LogP contribution in [0.15, 0.2) is 59.7 Å². The third kappa shape index (κ3) is 4.78. The van der Waals surface area contributed by atoms with E-state index in [9.17, 15) is 14.7 Å². The summed E-state index contributed by atoms with van der Waals surface area (Å²) < 4.78 is 1.69. The molecule has 0 atom stereocenters. The molecule has 2 aromatic carbocycles. The topological polar surface area (TPSA) is 104 Å². The van der Waals surface area contributed by atoms with Crippen molar-refractivity contribution in [1.29, 1.82) is 0 Å². The standard InChI is InChI=1S/C29H30N6O3/c1-33-11-13-34(14-12-33)17-19-5-8-22(9-6-19)31-29-30-16-24-26(36)25(28(37)38)18-35(27(24)32-29)23-10-7-20-3-2-4-21(20)15-23/h5-10,15-16,18H,2-4,11-14,17H2,1H3,(H,37,38)(H,30,31,32). The van der Waals surface area contributed by atoms with E-state index in [0.717, 1.165) is 63.4 Å². The molecule has 1 aliphatic carbocycles. The quantitative estimate of drug-likeness (QED) is 0.407. The number of hydrogen-bond acceptors (Lipinski definition) is 7. The number of likely N-dealkylation sites (N-methyl/N-ethyl adjacent to an activating group) is 1. The summed E-state index contributed by atoms with van der Waals surface area (Å²) in [5.74, 6) is -0.938. The molecule has 6 rings (SSSR count). The molecular weight excluding hydrogens is 480 g/mol. The summed E-state index contributed by atoms with van der Waals surface area (Å²) in [7, 11) is 2.16. The number of carboxylic acids is 1. The second kappa shape index (κ2) is 10.00. The van der Waals surface area contributed by atoms with Crippen LogP contribution in [-0.2, 0) is 19.4 Å². The lowest BCUT2D eigenvalue weighted by molar-refractivity contribution is 0.0695. The molecule has 0 radical (unpaired) electrons. The van der Waals surface area contributed by atoms with Crippen LogP contribution in [0, 0.1) is 0 Å². The van der Waals surface area contributed by atoms with Gasteiger partial charge in [0, 0.05) is 56.5 Å². The lowest BCUT2D eigenvalue weighted by atomic mass is 10.1. The van der Waals surface area contributed by atoms with Gasteiger partial charge in [-0.25, -0.2) is 9.78 Å². The molecule has 0 spiro atoms. The van der Waals surface area contributed by atoms with Gasteiger partial charge < -0.3 is 19.9 Å². The Kier molecular flexibility index (Phi) is 6.39. The molecule has 9 heteroatoms. The minimum atomic E-state index is -1.27. The van der Waals surface area contributed by atoms with Crippen LogP contribution in [0.4, 0.5) is 11.6 Å². The maximum atomic E-state index is 12.9. The third-order valence-corrected chi connectivity index (χ3v) is 7.55. The Bertz CT molecular complexity index is 1570. The summed E-state index contributed by atoms with van der Waals surface area (Å²) in [5.41, 5.74) is 4.87. The summed E-state index contributed by atoms with van der Waals surface area (Å²) in [6, 6.07) is 14.3. The highest BCUT2D eigenvalue weighted by molar-refractivity contribution is 5.92. The predicted molar refractivity (Wildman–Crippen MR) is 147 cm³/mol. The Labute approximate surface area is 220 Å². The number of fused-ring (bicyclic) bond motifs is 2. The van der Waals surface area contributed by atoms with Crippen molar-refractivity contribution in [3.8, 4) is 5.69 Å². The average molecular weight is 511 g/mol. The van der Waals surface area contributed by atoms with Gasteiger partial charge in [-0.05, 0) is 67.3 Å². The second-order valence-corrected chi connectivity index (χ2v) is 10.2. The van der Waals surface area contributed by atoms with Crippen LogP contribution in [0.5, 0.6) is 0 Å². The molecule has 0 saturated carbocycles. The largest absolute Gasteiger partial charge is 0.477 e. The van der Waals surface area contributed by atoms with Gasteiger partial charge >= 0.3 is 5.97 Å². The summed E-state index contributed by atoms with van der Waals surface area (Å²) in [5, 5.41) is 13.1. The van der Waals surface area contributed by atoms with Gasteiger partial charge in [0.25, 0.3) is 0 Å². The Balaban J connectivity index is 1.31. The number of hydrogen-bond donors (Lipinski definition) is 2. The first kappa shape index (κ1) is 24.3. The van der Waals surface area contributed by atoms with E-state index in [-0.39, 0.29) is 10.9 Å². The highest BCUT2D eigenvalue weighted by Crippen LogP contribution is 2.26. The number of nitrogens with zero attached hydrogens (tertiary/aromatic N) is 5. The molecule has 194 valence electrons. The van der Waals surface area contributed by atoms with Gasteiger partial charge in [0.05, 0.1) is 5.39 Å². The van der Waals surface area contributed by atoms with Crippen LogP contribution in [0.1, 0.15) is 33.5 Å². The fourth-order valence-corrected chi connectivity index (χ4v) is 5.31. The molecule has 1 aliphatic heterocycles. The zero-order chi connectivity index (χ0) is 26.2. The van der Waals surface area contributed by atoms with Crippen LogP contribution in [-0.4, -0.2) is 68.6 Å². The van der Waals surface area contributed by atoms with Gasteiger partial charge in [0.2, 0.25) is 11.4 Å². The SMILES string of the molecule is CN1CCN(Cc2ccc(Nc3ncc4c(=O)c(C(=O)O)cn(-c5ccc6c(c5)CCC6)c4n3)cc2)CC1. The second-order valence-electron chi connectivity index (χ2n) is 10.2. The van der Waals surface area contributed by atoms with Crippen molar-refractivity contribution >= 4 is 28.6 Å². The number of pyridine rings is 1. The fourth-order valence-electron chi connectivity index (χ4n) is 5.31. The molecule has 4 aromatic rings. The molecule has 1 fully saturated rings.